The minimum atomic E-state index is 0. The van der Waals surface area contributed by atoms with Crippen molar-refractivity contribution in [2.75, 3.05) is 0 Å². The molecule has 0 fully saturated rings. The van der Waals surface area contributed by atoms with Crippen LogP contribution in [0, 0.1) is 0 Å². The van der Waals surface area contributed by atoms with Crippen molar-refractivity contribution in [1.82, 2.24) is 0 Å². The third kappa shape index (κ3) is 6.43. The van der Waals surface area contributed by atoms with Crippen molar-refractivity contribution in [2.24, 2.45) is 0 Å². The standard InChI is InChI=1S/C6H6.C4H4S.Sn.2H/c1-2-4-6-5-3-1;1-2-4-5-3-1;;;/h1-6H;1-4H;;;. The zero-order chi connectivity index (χ0) is 7.78. The van der Waals surface area contributed by atoms with Gasteiger partial charge in [-0.3, -0.25) is 0 Å². The molecule has 0 aliphatic carbocycles. The maximum Gasteiger partial charge on any atom is -0.00934 e. The summed E-state index contributed by atoms with van der Waals surface area (Å²) in [5.74, 6) is 0. The summed E-state index contributed by atoms with van der Waals surface area (Å²) in [5.41, 5.74) is 0. The number of hydrogen-bond donors (Lipinski definition) is 0. The summed E-state index contributed by atoms with van der Waals surface area (Å²) in [7, 11) is 0. The average Bonchev–Trinajstić information content (AvgIpc) is 2.64. The van der Waals surface area contributed by atoms with Crippen LogP contribution < -0.4 is 0 Å². The maximum absolute atomic E-state index is 2.04. The van der Waals surface area contributed by atoms with E-state index >= 15 is 0 Å². The normalized spacial score (nSPS) is 7.33. The molecule has 2 rings (SSSR count). The molecule has 12 heavy (non-hydrogen) atoms. The van der Waals surface area contributed by atoms with Gasteiger partial charge in [-0.15, -0.1) is 0 Å². The molecule has 0 aliphatic heterocycles. The van der Waals surface area contributed by atoms with E-state index in [1.54, 1.807) is 11.3 Å². The minimum absolute atomic E-state index is 0. The van der Waals surface area contributed by atoms with Gasteiger partial charge in [0.05, 0.1) is 0 Å². The molecular weight excluding hydrogens is 271 g/mol. The van der Waals surface area contributed by atoms with Crippen molar-refractivity contribution in [3.63, 3.8) is 0 Å². The summed E-state index contributed by atoms with van der Waals surface area (Å²) >= 11 is 1.71. The van der Waals surface area contributed by atoms with Crippen LogP contribution in [0.15, 0.2) is 59.3 Å². The fourth-order valence-corrected chi connectivity index (χ4v) is 1.07. The molecule has 0 aliphatic rings. The van der Waals surface area contributed by atoms with Crippen molar-refractivity contribution in [1.29, 1.82) is 0 Å². The molecule has 0 nitrogen and oxygen atoms in total. The Bertz CT molecular complexity index is 196. The quantitative estimate of drug-likeness (QED) is 0.652. The third-order valence-corrected chi connectivity index (χ3v) is 1.72. The summed E-state index contributed by atoms with van der Waals surface area (Å²) in [5, 5.41) is 4.08. The Morgan fingerprint density at radius 2 is 0.833 bits per heavy atom. The molecule has 0 bridgehead atoms. The number of thiophene rings is 1. The first-order valence-corrected chi connectivity index (χ1v) is 4.41. The van der Waals surface area contributed by atoms with E-state index in [1.807, 2.05) is 59.3 Å². The second-order valence-corrected chi connectivity index (χ2v) is 2.76. The predicted molar refractivity (Wildman–Crippen MR) is 59.3 cm³/mol. The Morgan fingerprint density at radius 1 is 0.500 bits per heavy atom. The van der Waals surface area contributed by atoms with Gasteiger partial charge in [0, 0.05) is 0 Å². The van der Waals surface area contributed by atoms with Crippen LogP contribution in [0.2, 0.25) is 0 Å². The van der Waals surface area contributed by atoms with Gasteiger partial charge in [-0.05, 0) is 10.8 Å². The summed E-state index contributed by atoms with van der Waals surface area (Å²) in [4.78, 5) is 0. The molecule has 0 saturated carbocycles. The SMILES string of the molecule is [SnH2].c1ccccc1.c1ccsc1. The monoisotopic (exact) mass is 284 g/mol. The van der Waals surface area contributed by atoms with E-state index < -0.39 is 0 Å². The molecule has 62 valence electrons. The average molecular weight is 283 g/mol. The first-order chi connectivity index (χ1) is 5.50. The molecule has 0 atom stereocenters. The van der Waals surface area contributed by atoms with Crippen molar-refractivity contribution in [2.45, 2.75) is 0 Å². The smallest absolute Gasteiger partial charge is 0.00934 e. The van der Waals surface area contributed by atoms with Gasteiger partial charge >= 0.3 is 23.9 Å². The Balaban J connectivity index is 0.000000189. The first-order valence-electron chi connectivity index (χ1n) is 3.47. The summed E-state index contributed by atoms with van der Waals surface area (Å²) < 4.78 is 0. The molecule has 2 heteroatoms. The van der Waals surface area contributed by atoms with Crippen LogP contribution in [0.1, 0.15) is 0 Å². The summed E-state index contributed by atoms with van der Waals surface area (Å²) in [6.45, 7) is 0. The molecule has 0 spiro atoms. The van der Waals surface area contributed by atoms with Crippen LogP contribution in [0.4, 0.5) is 0 Å². The second kappa shape index (κ2) is 8.81. The molecule has 2 aromatic rings. The van der Waals surface area contributed by atoms with Gasteiger partial charge in [0.2, 0.25) is 0 Å². The first kappa shape index (κ1) is 11.7. The third-order valence-electron chi connectivity index (χ3n) is 1.09. The molecule has 1 aromatic carbocycles. The van der Waals surface area contributed by atoms with Gasteiger partial charge in [-0.25, -0.2) is 0 Å². The van der Waals surface area contributed by atoms with Gasteiger partial charge in [0.25, 0.3) is 0 Å². The molecule has 0 amide bonds. The van der Waals surface area contributed by atoms with E-state index in [0.29, 0.717) is 0 Å². The van der Waals surface area contributed by atoms with Gasteiger partial charge in [0.15, 0.2) is 0 Å². The molecule has 0 saturated heterocycles. The van der Waals surface area contributed by atoms with E-state index in [2.05, 4.69) is 0 Å². The van der Waals surface area contributed by atoms with Crippen molar-refractivity contribution < 1.29 is 0 Å². The van der Waals surface area contributed by atoms with Crippen molar-refractivity contribution in [3.05, 3.63) is 59.3 Å². The van der Waals surface area contributed by atoms with Crippen LogP contribution in [0.25, 0.3) is 0 Å². The number of rotatable bonds is 0. The van der Waals surface area contributed by atoms with Crippen molar-refractivity contribution >= 4 is 35.2 Å². The molecule has 1 aromatic heterocycles. The summed E-state index contributed by atoms with van der Waals surface area (Å²) in [6.07, 6.45) is 0. The van der Waals surface area contributed by atoms with E-state index in [-0.39, 0.29) is 23.9 Å². The Kier molecular flexibility index (Phi) is 8.61. The number of hydrogen-bond acceptors (Lipinski definition) is 1. The van der Waals surface area contributed by atoms with Crippen LogP contribution in [-0.2, 0) is 0 Å². The fraction of sp³-hybridized carbons (Fsp3) is 0. The minimum Gasteiger partial charge on any atom is -0.152 e. The Morgan fingerprint density at radius 3 is 1.00 bits per heavy atom. The van der Waals surface area contributed by atoms with E-state index in [0.717, 1.165) is 0 Å². The maximum atomic E-state index is 2.04. The predicted octanol–water partition coefficient (Wildman–Crippen LogP) is 2.52. The molecule has 0 N–H and O–H groups in total. The van der Waals surface area contributed by atoms with Crippen LogP contribution in [0.5, 0.6) is 0 Å². The van der Waals surface area contributed by atoms with E-state index in [9.17, 15) is 0 Å². The van der Waals surface area contributed by atoms with Crippen LogP contribution >= 0.6 is 11.3 Å². The van der Waals surface area contributed by atoms with E-state index in [1.165, 1.54) is 0 Å². The topological polar surface area (TPSA) is 0 Å². The number of benzene rings is 1. The zero-order valence-corrected chi connectivity index (χ0v) is 11.7. The Hall–Kier alpha value is -0.281. The largest absolute Gasteiger partial charge is 0.152 e. The molecule has 0 unspecified atom stereocenters. The van der Waals surface area contributed by atoms with Crippen LogP contribution in [0.3, 0.4) is 0 Å². The van der Waals surface area contributed by atoms with Crippen LogP contribution in [-0.4, -0.2) is 23.9 Å². The van der Waals surface area contributed by atoms with Gasteiger partial charge < -0.3 is 0 Å². The molecule has 2 radical (unpaired) electrons. The molecule has 1 heterocycles. The molecular formula is C10H12SSn. The van der Waals surface area contributed by atoms with Gasteiger partial charge in [-0.1, -0.05) is 48.5 Å². The van der Waals surface area contributed by atoms with Gasteiger partial charge in [-0.2, -0.15) is 11.3 Å². The van der Waals surface area contributed by atoms with E-state index in [4.69, 9.17) is 0 Å². The zero-order valence-electron chi connectivity index (χ0n) is 6.89. The van der Waals surface area contributed by atoms with Crippen molar-refractivity contribution in [3.8, 4) is 0 Å². The second-order valence-electron chi connectivity index (χ2n) is 1.95. The van der Waals surface area contributed by atoms with Gasteiger partial charge in [0.1, 0.15) is 0 Å². The Labute approximate surface area is 94.2 Å². The summed E-state index contributed by atoms with van der Waals surface area (Å²) in [6, 6.07) is 16.0. The fourth-order valence-electron chi connectivity index (χ4n) is 0.612.